The number of hydrogen-bond acceptors (Lipinski definition) is 2. The standard InChI is InChI=1S/C21H28O2Si/c1-4-5-17-22-24(23-18-16-19(2)3,20-12-8-6-9-13-20)21-14-10-7-11-15-21/h6-15H,2,4-5,16-18H2,1,3H3. The first-order chi connectivity index (χ1) is 11.7. The van der Waals surface area contributed by atoms with Gasteiger partial charge in [0.15, 0.2) is 0 Å². The van der Waals surface area contributed by atoms with E-state index in [-0.39, 0.29) is 0 Å². The van der Waals surface area contributed by atoms with Gasteiger partial charge in [0.2, 0.25) is 0 Å². The Kier molecular flexibility index (Phi) is 7.44. The molecule has 2 aromatic carbocycles. The summed E-state index contributed by atoms with van der Waals surface area (Å²) in [5, 5.41) is 2.32. The lowest BCUT2D eigenvalue weighted by atomic mass is 10.3. The van der Waals surface area contributed by atoms with Gasteiger partial charge in [-0.15, -0.1) is 6.58 Å². The fourth-order valence-corrected chi connectivity index (χ4v) is 5.75. The van der Waals surface area contributed by atoms with E-state index in [2.05, 4.69) is 62.0 Å². The number of unbranched alkanes of at least 4 members (excludes halogenated alkanes) is 1. The fourth-order valence-electron chi connectivity index (χ4n) is 2.59. The smallest absolute Gasteiger partial charge is 0.388 e. The lowest BCUT2D eigenvalue weighted by Crippen LogP contribution is -2.63. The maximum absolute atomic E-state index is 6.52. The van der Waals surface area contributed by atoms with Gasteiger partial charge in [0.1, 0.15) is 0 Å². The van der Waals surface area contributed by atoms with Crippen LogP contribution in [-0.4, -0.2) is 21.8 Å². The molecule has 24 heavy (non-hydrogen) atoms. The lowest BCUT2D eigenvalue weighted by molar-refractivity contribution is 0.190. The minimum absolute atomic E-state index is 0.636. The molecule has 0 spiro atoms. The first-order valence-corrected chi connectivity index (χ1v) is 10.5. The SMILES string of the molecule is C=C(C)CCO[Si](OCCCC)(c1ccccc1)c1ccccc1. The van der Waals surface area contributed by atoms with Crippen LogP contribution in [0, 0.1) is 0 Å². The van der Waals surface area contributed by atoms with Crippen LogP contribution in [-0.2, 0) is 8.85 Å². The molecule has 0 fully saturated rings. The third-order valence-electron chi connectivity index (χ3n) is 3.95. The molecule has 0 N–H and O–H groups in total. The molecule has 0 saturated carbocycles. The van der Waals surface area contributed by atoms with Crippen LogP contribution in [0.3, 0.4) is 0 Å². The Hall–Kier alpha value is -1.68. The van der Waals surface area contributed by atoms with Gasteiger partial charge in [-0.25, -0.2) is 0 Å². The van der Waals surface area contributed by atoms with Gasteiger partial charge in [0.25, 0.3) is 0 Å². The van der Waals surface area contributed by atoms with Crippen molar-refractivity contribution < 1.29 is 8.85 Å². The monoisotopic (exact) mass is 340 g/mol. The molecule has 2 rings (SSSR count). The average molecular weight is 341 g/mol. The van der Waals surface area contributed by atoms with Crippen LogP contribution in [0.15, 0.2) is 72.8 Å². The van der Waals surface area contributed by atoms with E-state index >= 15 is 0 Å². The minimum atomic E-state index is -2.69. The van der Waals surface area contributed by atoms with Crippen LogP contribution < -0.4 is 10.4 Å². The number of rotatable bonds is 10. The van der Waals surface area contributed by atoms with Gasteiger partial charge in [-0.1, -0.05) is 79.6 Å². The lowest BCUT2D eigenvalue weighted by Gasteiger charge is -2.31. The van der Waals surface area contributed by atoms with Crippen molar-refractivity contribution in [3.05, 3.63) is 72.8 Å². The molecular formula is C21H28O2Si. The van der Waals surface area contributed by atoms with Crippen molar-refractivity contribution in [3.63, 3.8) is 0 Å². The van der Waals surface area contributed by atoms with Gasteiger partial charge in [0.05, 0.1) is 0 Å². The maximum atomic E-state index is 6.52. The van der Waals surface area contributed by atoms with Crippen molar-refractivity contribution in [1.82, 2.24) is 0 Å². The minimum Gasteiger partial charge on any atom is -0.388 e. The highest BCUT2D eigenvalue weighted by Crippen LogP contribution is 2.13. The van der Waals surface area contributed by atoms with E-state index in [1.807, 2.05) is 19.1 Å². The summed E-state index contributed by atoms with van der Waals surface area (Å²) < 4.78 is 13.0. The van der Waals surface area contributed by atoms with Crippen LogP contribution in [0.2, 0.25) is 0 Å². The molecule has 2 nitrogen and oxygen atoms in total. The number of hydrogen-bond donors (Lipinski definition) is 0. The van der Waals surface area contributed by atoms with Crippen LogP contribution in [0.25, 0.3) is 0 Å². The van der Waals surface area contributed by atoms with Gasteiger partial charge >= 0.3 is 8.56 Å². The molecule has 0 aliphatic rings. The Balaban J connectivity index is 2.39. The summed E-state index contributed by atoms with van der Waals surface area (Å²) in [6, 6.07) is 20.8. The quantitative estimate of drug-likeness (QED) is 0.369. The second kappa shape index (κ2) is 9.57. The number of benzene rings is 2. The zero-order valence-corrected chi connectivity index (χ0v) is 15.8. The van der Waals surface area contributed by atoms with Gasteiger partial charge in [-0.2, -0.15) is 0 Å². The van der Waals surface area contributed by atoms with Crippen molar-refractivity contribution in [2.75, 3.05) is 13.2 Å². The Bertz CT molecular complexity index is 571. The van der Waals surface area contributed by atoms with E-state index < -0.39 is 8.56 Å². The molecule has 3 heteroatoms. The molecule has 0 aliphatic carbocycles. The average Bonchev–Trinajstić information content (AvgIpc) is 2.62. The summed E-state index contributed by atoms with van der Waals surface area (Å²) in [7, 11) is -2.69. The molecule has 2 aromatic rings. The van der Waals surface area contributed by atoms with E-state index in [1.165, 1.54) is 0 Å². The van der Waals surface area contributed by atoms with Gasteiger partial charge < -0.3 is 8.85 Å². The van der Waals surface area contributed by atoms with E-state index in [9.17, 15) is 0 Å². The molecule has 0 aromatic heterocycles. The van der Waals surface area contributed by atoms with Crippen molar-refractivity contribution in [3.8, 4) is 0 Å². The summed E-state index contributed by atoms with van der Waals surface area (Å²) in [4.78, 5) is 0. The predicted octanol–water partition coefficient (Wildman–Crippen LogP) is 4.04. The van der Waals surface area contributed by atoms with Crippen LogP contribution >= 0.6 is 0 Å². The third kappa shape index (κ3) is 4.90. The highest BCUT2D eigenvalue weighted by molar-refractivity contribution is 6.92. The molecule has 0 amide bonds. The summed E-state index contributed by atoms with van der Waals surface area (Å²) >= 11 is 0. The van der Waals surface area contributed by atoms with E-state index in [1.54, 1.807) is 0 Å². The van der Waals surface area contributed by atoms with E-state index in [0.717, 1.165) is 41.8 Å². The Labute approximate surface area is 147 Å². The second-order valence-corrected chi connectivity index (χ2v) is 9.07. The largest absolute Gasteiger partial charge is 0.407 e. The van der Waals surface area contributed by atoms with Gasteiger partial charge in [-0.05, 0) is 30.1 Å². The second-order valence-electron chi connectivity index (χ2n) is 6.11. The Morgan fingerprint density at radius 3 is 1.83 bits per heavy atom. The summed E-state index contributed by atoms with van der Waals surface area (Å²) in [5.74, 6) is 0. The summed E-state index contributed by atoms with van der Waals surface area (Å²) in [6.45, 7) is 9.57. The van der Waals surface area contributed by atoms with Crippen LogP contribution in [0.4, 0.5) is 0 Å². The van der Waals surface area contributed by atoms with Crippen molar-refractivity contribution in [2.45, 2.75) is 33.1 Å². The molecule has 0 aliphatic heterocycles. The summed E-state index contributed by atoms with van der Waals surface area (Å²) in [6.07, 6.45) is 3.00. The zero-order valence-electron chi connectivity index (χ0n) is 14.8. The Morgan fingerprint density at radius 2 is 1.38 bits per heavy atom. The summed E-state index contributed by atoms with van der Waals surface area (Å²) in [5.41, 5.74) is 1.13. The molecule has 0 radical (unpaired) electrons. The van der Waals surface area contributed by atoms with Crippen LogP contribution in [0.1, 0.15) is 33.1 Å². The van der Waals surface area contributed by atoms with Crippen LogP contribution in [0.5, 0.6) is 0 Å². The zero-order chi connectivity index (χ0) is 17.3. The molecule has 0 saturated heterocycles. The van der Waals surface area contributed by atoms with Crippen molar-refractivity contribution in [1.29, 1.82) is 0 Å². The highest BCUT2D eigenvalue weighted by atomic mass is 28.4. The molecule has 0 heterocycles. The molecule has 0 atom stereocenters. The first kappa shape index (κ1) is 18.7. The highest BCUT2D eigenvalue weighted by Gasteiger charge is 2.42. The third-order valence-corrected chi connectivity index (χ3v) is 7.35. The molecular weight excluding hydrogens is 312 g/mol. The van der Waals surface area contributed by atoms with E-state index in [0.29, 0.717) is 6.61 Å². The topological polar surface area (TPSA) is 18.5 Å². The maximum Gasteiger partial charge on any atom is 0.407 e. The predicted molar refractivity (Wildman–Crippen MR) is 104 cm³/mol. The van der Waals surface area contributed by atoms with Crippen molar-refractivity contribution >= 4 is 18.9 Å². The van der Waals surface area contributed by atoms with Crippen molar-refractivity contribution in [2.24, 2.45) is 0 Å². The van der Waals surface area contributed by atoms with Gasteiger partial charge in [-0.3, -0.25) is 0 Å². The molecule has 0 bridgehead atoms. The fraction of sp³-hybridized carbons (Fsp3) is 0.333. The normalized spacial score (nSPS) is 11.4. The van der Waals surface area contributed by atoms with E-state index in [4.69, 9.17) is 8.85 Å². The van der Waals surface area contributed by atoms with Gasteiger partial charge in [0, 0.05) is 13.2 Å². The first-order valence-electron chi connectivity index (χ1n) is 8.72. The molecule has 128 valence electrons. The Morgan fingerprint density at radius 1 is 0.875 bits per heavy atom. The molecule has 0 unspecified atom stereocenters.